The molecular weight excluding hydrogens is 460 g/mol. The third-order valence-electron chi connectivity index (χ3n) is 6.10. The van der Waals surface area contributed by atoms with Gasteiger partial charge in [0.25, 0.3) is 11.6 Å². The highest BCUT2D eigenvalue weighted by Crippen LogP contribution is 2.32. The van der Waals surface area contributed by atoms with Crippen LogP contribution in [0.4, 0.5) is 11.4 Å². The average molecular weight is 487 g/mol. The van der Waals surface area contributed by atoms with Gasteiger partial charge in [0.1, 0.15) is 5.69 Å². The Balaban J connectivity index is 1.54. The molecule has 1 aliphatic heterocycles. The summed E-state index contributed by atoms with van der Waals surface area (Å²) >= 11 is 0. The summed E-state index contributed by atoms with van der Waals surface area (Å²) in [5.74, 6) is -0.135. The molecule has 180 valence electrons. The maximum absolute atomic E-state index is 13.1. The molecule has 0 atom stereocenters. The number of anilines is 1. The molecule has 3 aromatic rings. The Morgan fingerprint density at radius 2 is 1.85 bits per heavy atom. The number of carbonyl (C=O) groups excluding carboxylic acids is 1. The van der Waals surface area contributed by atoms with Gasteiger partial charge in [-0.25, -0.2) is 8.42 Å². The summed E-state index contributed by atoms with van der Waals surface area (Å²) in [4.78, 5) is 27.7. The molecule has 1 aromatic heterocycles. The Hall–Kier alpha value is -3.51. The van der Waals surface area contributed by atoms with Crippen molar-refractivity contribution in [2.24, 2.45) is 0 Å². The third-order valence-corrected chi connectivity index (χ3v) is 8.15. The summed E-state index contributed by atoms with van der Waals surface area (Å²) < 4.78 is 26.9. The third kappa shape index (κ3) is 4.21. The van der Waals surface area contributed by atoms with Crippen molar-refractivity contribution in [3.05, 3.63) is 58.3 Å². The molecule has 0 spiro atoms. The smallest absolute Gasteiger partial charge is 0.293 e. The minimum Gasteiger partial charge on any atom is -0.362 e. The topological polar surface area (TPSA) is 133 Å². The van der Waals surface area contributed by atoms with Crippen molar-refractivity contribution < 1.29 is 18.1 Å². The predicted octanol–water partition coefficient (Wildman–Crippen LogP) is 2.46. The van der Waals surface area contributed by atoms with Crippen molar-refractivity contribution in [3.8, 4) is 0 Å². The van der Waals surface area contributed by atoms with Gasteiger partial charge in [0.2, 0.25) is 10.0 Å². The van der Waals surface area contributed by atoms with Crippen molar-refractivity contribution in [1.29, 1.82) is 0 Å². The second kappa shape index (κ2) is 9.39. The SMILES string of the molecule is CCN(CC)S(=O)(=O)c1ccc(N2CCN(C(=O)c3cccc4cn[nH]c34)CC2)c([N+](=O)[O-])c1. The molecule has 4 rings (SSSR count). The largest absolute Gasteiger partial charge is 0.362 e. The lowest BCUT2D eigenvalue weighted by molar-refractivity contribution is -0.384. The van der Waals surface area contributed by atoms with E-state index < -0.39 is 14.9 Å². The summed E-state index contributed by atoms with van der Waals surface area (Å²) in [6, 6.07) is 9.44. The number of sulfonamides is 1. The van der Waals surface area contributed by atoms with E-state index in [0.29, 0.717) is 42.9 Å². The first kappa shape index (κ1) is 23.6. The summed E-state index contributed by atoms with van der Waals surface area (Å²) in [5, 5.41) is 19.5. The van der Waals surface area contributed by atoms with Gasteiger partial charge in [0.15, 0.2) is 0 Å². The lowest BCUT2D eigenvalue weighted by Crippen LogP contribution is -2.49. The molecule has 0 saturated carbocycles. The van der Waals surface area contributed by atoms with E-state index in [0.717, 1.165) is 11.5 Å². The quantitative estimate of drug-likeness (QED) is 0.401. The molecule has 0 aliphatic carbocycles. The van der Waals surface area contributed by atoms with Crippen LogP contribution in [0.1, 0.15) is 24.2 Å². The van der Waals surface area contributed by atoms with Crippen LogP contribution < -0.4 is 4.90 Å². The standard InChI is InChI=1S/C22H26N6O5S/c1-3-27(4-2)34(32,33)17-8-9-19(20(14-17)28(30)31)25-10-12-26(13-11-25)22(29)18-7-5-6-16-15-23-24-21(16)18/h5-9,14-15H,3-4,10-13H2,1-2H3,(H,23,24). The van der Waals surface area contributed by atoms with E-state index in [4.69, 9.17) is 0 Å². The Labute approximate surface area is 197 Å². The number of carbonyl (C=O) groups is 1. The number of benzene rings is 2. The number of para-hydroxylation sites is 1. The number of hydrogen-bond acceptors (Lipinski definition) is 7. The molecule has 1 aliphatic rings. The minimum absolute atomic E-state index is 0.104. The lowest BCUT2D eigenvalue weighted by atomic mass is 10.1. The molecule has 0 unspecified atom stereocenters. The van der Waals surface area contributed by atoms with Crippen LogP contribution >= 0.6 is 0 Å². The average Bonchev–Trinajstić information content (AvgIpc) is 3.33. The van der Waals surface area contributed by atoms with E-state index in [1.165, 1.54) is 16.4 Å². The van der Waals surface area contributed by atoms with E-state index in [2.05, 4.69) is 10.2 Å². The number of nitrogens with zero attached hydrogens (tertiary/aromatic N) is 5. The van der Waals surface area contributed by atoms with Crippen LogP contribution in [0.3, 0.4) is 0 Å². The van der Waals surface area contributed by atoms with Crippen LogP contribution in [0.25, 0.3) is 10.9 Å². The summed E-state index contributed by atoms with van der Waals surface area (Å²) in [7, 11) is -3.82. The highest BCUT2D eigenvalue weighted by molar-refractivity contribution is 7.89. The highest BCUT2D eigenvalue weighted by Gasteiger charge is 2.30. The molecule has 0 bridgehead atoms. The molecule has 2 aromatic carbocycles. The van der Waals surface area contributed by atoms with Gasteiger partial charge in [0, 0.05) is 50.7 Å². The maximum atomic E-state index is 13.1. The number of nitro groups is 1. The van der Waals surface area contributed by atoms with Crippen LogP contribution in [-0.2, 0) is 10.0 Å². The summed E-state index contributed by atoms with van der Waals surface area (Å²) in [6.45, 7) is 5.50. The number of rotatable bonds is 7. The van der Waals surface area contributed by atoms with E-state index in [1.807, 2.05) is 11.0 Å². The number of aromatic amines is 1. The van der Waals surface area contributed by atoms with Gasteiger partial charge in [-0.2, -0.15) is 9.40 Å². The Kier molecular flexibility index (Phi) is 6.53. The van der Waals surface area contributed by atoms with Crippen molar-refractivity contribution in [3.63, 3.8) is 0 Å². The Morgan fingerprint density at radius 3 is 2.50 bits per heavy atom. The summed E-state index contributed by atoms with van der Waals surface area (Å²) in [5.41, 5.74) is 1.28. The molecule has 11 nitrogen and oxygen atoms in total. The van der Waals surface area contributed by atoms with Crippen molar-refractivity contribution in [2.75, 3.05) is 44.2 Å². The second-order valence-corrected chi connectivity index (χ2v) is 9.85. The van der Waals surface area contributed by atoms with Gasteiger partial charge in [-0.3, -0.25) is 20.0 Å². The molecule has 1 amide bonds. The fourth-order valence-corrected chi connectivity index (χ4v) is 5.74. The lowest BCUT2D eigenvalue weighted by Gasteiger charge is -2.36. The van der Waals surface area contributed by atoms with Crippen LogP contribution in [0.15, 0.2) is 47.5 Å². The van der Waals surface area contributed by atoms with Crippen LogP contribution in [0, 0.1) is 10.1 Å². The zero-order chi connectivity index (χ0) is 24.5. The fourth-order valence-electron chi connectivity index (χ4n) is 4.26. The molecule has 0 radical (unpaired) electrons. The monoisotopic (exact) mass is 486 g/mol. The van der Waals surface area contributed by atoms with E-state index in [1.54, 1.807) is 37.1 Å². The number of nitrogens with one attached hydrogen (secondary N) is 1. The van der Waals surface area contributed by atoms with E-state index in [-0.39, 0.29) is 29.6 Å². The van der Waals surface area contributed by atoms with Gasteiger partial charge < -0.3 is 9.80 Å². The second-order valence-electron chi connectivity index (χ2n) is 7.92. The number of aromatic nitrogens is 2. The molecule has 1 N–H and O–H groups in total. The van der Waals surface area contributed by atoms with Gasteiger partial charge >= 0.3 is 0 Å². The zero-order valence-electron chi connectivity index (χ0n) is 19.0. The highest BCUT2D eigenvalue weighted by atomic mass is 32.2. The predicted molar refractivity (Wildman–Crippen MR) is 127 cm³/mol. The molecule has 1 fully saturated rings. The minimum atomic E-state index is -3.82. The van der Waals surface area contributed by atoms with Gasteiger partial charge in [-0.1, -0.05) is 26.0 Å². The molecule has 34 heavy (non-hydrogen) atoms. The van der Waals surface area contributed by atoms with Gasteiger partial charge in [-0.05, 0) is 18.2 Å². The maximum Gasteiger partial charge on any atom is 0.293 e. The van der Waals surface area contributed by atoms with Crippen LogP contribution in [0.2, 0.25) is 0 Å². The first-order valence-electron chi connectivity index (χ1n) is 11.0. The van der Waals surface area contributed by atoms with Crippen molar-refractivity contribution in [2.45, 2.75) is 18.7 Å². The summed E-state index contributed by atoms with van der Waals surface area (Å²) in [6.07, 6.45) is 1.66. The van der Waals surface area contributed by atoms with Crippen molar-refractivity contribution >= 4 is 38.2 Å². The first-order valence-corrected chi connectivity index (χ1v) is 12.5. The normalized spacial score (nSPS) is 14.7. The first-order chi connectivity index (χ1) is 16.3. The number of piperazine rings is 1. The molecular formula is C22H26N6O5S. The Bertz CT molecular complexity index is 1330. The molecule has 12 heteroatoms. The van der Waals surface area contributed by atoms with Gasteiger partial charge in [0.05, 0.1) is 27.1 Å². The molecule has 1 saturated heterocycles. The number of amides is 1. The fraction of sp³-hybridized carbons (Fsp3) is 0.364. The zero-order valence-corrected chi connectivity index (χ0v) is 19.8. The number of H-pyrrole nitrogens is 1. The van der Waals surface area contributed by atoms with Crippen LogP contribution in [-0.4, -0.2) is 77.9 Å². The van der Waals surface area contributed by atoms with E-state index in [9.17, 15) is 23.3 Å². The van der Waals surface area contributed by atoms with Gasteiger partial charge in [-0.15, -0.1) is 0 Å². The molecule has 2 heterocycles. The van der Waals surface area contributed by atoms with Crippen LogP contribution in [0.5, 0.6) is 0 Å². The number of hydrogen-bond donors (Lipinski definition) is 1. The number of fused-ring (bicyclic) bond motifs is 1. The number of nitro benzene ring substituents is 1. The van der Waals surface area contributed by atoms with Crippen molar-refractivity contribution in [1.82, 2.24) is 19.4 Å². The Morgan fingerprint density at radius 1 is 1.15 bits per heavy atom. The van der Waals surface area contributed by atoms with E-state index >= 15 is 0 Å².